The molecule has 0 saturated carbocycles. The first-order chi connectivity index (χ1) is 11.2. The molecule has 0 spiro atoms. The molecule has 0 radical (unpaired) electrons. The molecule has 23 heavy (non-hydrogen) atoms. The highest BCUT2D eigenvalue weighted by Crippen LogP contribution is 2.39. The van der Waals surface area contributed by atoms with Crippen LogP contribution in [0.1, 0.15) is 5.56 Å². The predicted octanol–water partition coefficient (Wildman–Crippen LogP) is 3.49. The van der Waals surface area contributed by atoms with Gasteiger partial charge in [0.15, 0.2) is 5.88 Å². The Morgan fingerprint density at radius 3 is 2.65 bits per heavy atom. The number of aromatic amines is 1. The number of hydrogen-bond acceptors (Lipinski definition) is 3. The minimum Gasteiger partial charge on any atom is -0.494 e. The quantitative estimate of drug-likeness (QED) is 0.542. The number of fused-ring (bicyclic) bond motifs is 1. The van der Waals surface area contributed by atoms with Crippen LogP contribution in [0.4, 0.5) is 0 Å². The van der Waals surface area contributed by atoms with Gasteiger partial charge in [0, 0.05) is 35.0 Å². The van der Waals surface area contributed by atoms with Crippen molar-refractivity contribution in [1.29, 1.82) is 0 Å². The standard InChI is InChI=1S/C18H15N3O2/c22-16-9-14(15-10-20-17-13(15)7-4-8-19-17)18(23)21(16)11-12-5-2-1-3-6-12/h1-10,22-23H,11H2,(H,19,20). The Bertz CT molecular complexity index is 971. The summed E-state index contributed by atoms with van der Waals surface area (Å²) >= 11 is 0. The molecule has 0 aliphatic rings. The molecule has 0 bridgehead atoms. The summed E-state index contributed by atoms with van der Waals surface area (Å²) < 4.78 is 1.49. The Kier molecular flexibility index (Phi) is 3.05. The van der Waals surface area contributed by atoms with E-state index in [0.29, 0.717) is 12.1 Å². The van der Waals surface area contributed by atoms with E-state index in [2.05, 4.69) is 9.97 Å². The fourth-order valence-corrected chi connectivity index (χ4v) is 2.82. The molecule has 4 rings (SSSR count). The maximum absolute atomic E-state index is 10.6. The number of pyridine rings is 1. The first-order valence-corrected chi connectivity index (χ1v) is 7.32. The zero-order valence-electron chi connectivity index (χ0n) is 12.3. The van der Waals surface area contributed by atoms with Crippen molar-refractivity contribution in [1.82, 2.24) is 14.5 Å². The minimum absolute atomic E-state index is 0.0274. The van der Waals surface area contributed by atoms with Gasteiger partial charge in [-0.1, -0.05) is 30.3 Å². The Labute approximate surface area is 132 Å². The van der Waals surface area contributed by atoms with Crippen molar-refractivity contribution in [3.05, 3.63) is 66.5 Å². The van der Waals surface area contributed by atoms with E-state index in [1.165, 1.54) is 4.57 Å². The zero-order valence-corrected chi connectivity index (χ0v) is 12.3. The van der Waals surface area contributed by atoms with Gasteiger partial charge in [0.05, 0.1) is 6.54 Å². The molecule has 3 heterocycles. The van der Waals surface area contributed by atoms with E-state index >= 15 is 0 Å². The molecule has 5 heteroatoms. The van der Waals surface area contributed by atoms with Gasteiger partial charge in [-0.2, -0.15) is 0 Å². The van der Waals surface area contributed by atoms with E-state index in [0.717, 1.165) is 22.2 Å². The van der Waals surface area contributed by atoms with E-state index in [1.807, 2.05) is 42.5 Å². The minimum atomic E-state index is 0.0274. The Morgan fingerprint density at radius 1 is 1.00 bits per heavy atom. The van der Waals surface area contributed by atoms with Crippen LogP contribution in [0.3, 0.4) is 0 Å². The van der Waals surface area contributed by atoms with Gasteiger partial charge in [-0.3, -0.25) is 4.57 Å². The summed E-state index contributed by atoms with van der Waals surface area (Å²) in [6, 6.07) is 15.1. The van der Waals surface area contributed by atoms with Gasteiger partial charge >= 0.3 is 0 Å². The average Bonchev–Trinajstić information content (AvgIpc) is 3.12. The summed E-state index contributed by atoms with van der Waals surface area (Å²) in [6.45, 7) is 0.402. The lowest BCUT2D eigenvalue weighted by atomic mass is 10.1. The van der Waals surface area contributed by atoms with Crippen molar-refractivity contribution in [3.8, 4) is 22.9 Å². The third-order valence-electron chi connectivity index (χ3n) is 3.97. The molecule has 0 aliphatic heterocycles. The molecule has 0 fully saturated rings. The average molecular weight is 305 g/mol. The molecule has 3 N–H and O–H groups in total. The zero-order chi connectivity index (χ0) is 15.8. The number of hydrogen-bond donors (Lipinski definition) is 3. The monoisotopic (exact) mass is 305 g/mol. The van der Waals surface area contributed by atoms with Crippen LogP contribution in [-0.4, -0.2) is 24.7 Å². The third kappa shape index (κ3) is 2.23. The summed E-state index contributed by atoms with van der Waals surface area (Å²) in [6.07, 6.45) is 3.50. The van der Waals surface area contributed by atoms with Crippen molar-refractivity contribution in [3.63, 3.8) is 0 Å². The smallest absolute Gasteiger partial charge is 0.202 e. The van der Waals surface area contributed by atoms with Crippen LogP contribution >= 0.6 is 0 Å². The van der Waals surface area contributed by atoms with Crippen LogP contribution in [-0.2, 0) is 6.54 Å². The Balaban J connectivity index is 1.81. The summed E-state index contributed by atoms with van der Waals surface area (Å²) in [5, 5.41) is 21.7. The largest absolute Gasteiger partial charge is 0.494 e. The van der Waals surface area contributed by atoms with Crippen LogP contribution < -0.4 is 0 Å². The fourth-order valence-electron chi connectivity index (χ4n) is 2.82. The molecule has 0 unspecified atom stereocenters. The second-order valence-corrected chi connectivity index (χ2v) is 5.41. The van der Waals surface area contributed by atoms with Gasteiger partial charge in [-0.15, -0.1) is 0 Å². The number of aromatic nitrogens is 3. The molecular weight excluding hydrogens is 290 g/mol. The van der Waals surface area contributed by atoms with E-state index in [-0.39, 0.29) is 11.8 Å². The maximum atomic E-state index is 10.6. The van der Waals surface area contributed by atoms with Gasteiger partial charge in [0.2, 0.25) is 5.88 Å². The van der Waals surface area contributed by atoms with Crippen LogP contribution in [0.5, 0.6) is 11.8 Å². The first-order valence-electron chi connectivity index (χ1n) is 7.32. The number of nitrogens with one attached hydrogen (secondary N) is 1. The molecule has 0 atom stereocenters. The maximum Gasteiger partial charge on any atom is 0.202 e. The Hall–Kier alpha value is -3.21. The molecule has 3 aromatic heterocycles. The van der Waals surface area contributed by atoms with Gasteiger partial charge in [0.25, 0.3) is 0 Å². The lowest BCUT2D eigenvalue weighted by Gasteiger charge is -2.07. The number of rotatable bonds is 3. The van der Waals surface area contributed by atoms with Crippen molar-refractivity contribution in [2.24, 2.45) is 0 Å². The molecule has 0 amide bonds. The van der Waals surface area contributed by atoms with Crippen LogP contribution in [0.2, 0.25) is 0 Å². The summed E-state index contributed by atoms with van der Waals surface area (Å²) in [5.41, 5.74) is 3.14. The van der Waals surface area contributed by atoms with E-state index < -0.39 is 0 Å². The van der Waals surface area contributed by atoms with Gasteiger partial charge in [-0.05, 0) is 17.7 Å². The summed E-state index contributed by atoms with van der Waals surface area (Å²) in [5.74, 6) is 0.0655. The van der Waals surface area contributed by atoms with E-state index in [1.54, 1.807) is 18.5 Å². The normalized spacial score (nSPS) is 11.1. The van der Waals surface area contributed by atoms with E-state index in [9.17, 15) is 10.2 Å². The Morgan fingerprint density at radius 2 is 1.83 bits per heavy atom. The number of aromatic hydroxyl groups is 2. The lowest BCUT2D eigenvalue weighted by Crippen LogP contribution is -1.98. The van der Waals surface area contributed by atoms with Crippen molar-refractivity contribution in [2.75, 3.05) is 0 Å². The lowest BCUT2D eigenvalue weighted by molar-refractivity contribution is 0.378. The van der Waals surface area contributed by atoms with Gasteiger partial charge in [0.1, 0.15) is 5.65 Å². The summed E-state index contributed by atoms with van der Waals surface area (Å²) in [7, 11) is 0. The van der Waals surface area contributed by atoms with Crippen LogP contribution in [0.25, 0.3) is 22.2 Å². The third-order valence-corrected chi connectivity index (χ3v) is 3.97. The number of H-pyrrole nitrogens is 1. The van der Waals surface area contributed by atoms with Crippen molar-refractivity contribution in [2.45, 2.75) is 6.54 Å². The molecule has 0 saturated heterocycles. The highest BCUT2D eigenvalue weighted by Gasteiger charge is 2.18. The predicted molar refractivity (Wildman–Crippen MR) is 88.4 cm³/mol. The van der Waals surface area contributed by atoms with Gasteiger partial charge < -0.3 is 15.2 Å². The molecule has 5 nitrogen and oxygen atoms in total. The fraction of sp³-hybridized carbons (Fsp3) is 0.0556. The van der Waals surface area contributed by atoms with Crippen molar-refractivity contribution >= 4 is 11.0 Å². The topological polar surface area (TPSA) is 74.1 Å². The molecular formula is C18H15N3O2. The van der Waals surface area contributed by atoms with Crippen LogP contribution in [0.15, 0.2) is 60.9 Å². The first kappa shape index (κ1) is 13.5. The molecule has 0 aliphatic carbocycles. The van der Waals surface area contributed by atoms with Crippen LogP contribution in [0, 0.1) is 0 Å². The van der Waals surface area contributed by atoms with Gasteiger partial charge in [-0.25, -0.2) is 4.98 Å². The number of benzene rings is 1. The molecule has 114 valence electrons. The second-order valence-electron chi connectivity index (χ2n) is 5.41. The molecule has 4 aromatic rings. The molecule has 1 aromatic carbocycles. The summed E-state index contributed by atoms with van der Waals surface area (Å²) in [4.78, 5) is 7.33. The highest BCUT2D eigenvalue weighted by molar-refractivity contribution is 5.95. The SMILES string of the molecule is Oc1cc(-c2c[nH]c3ncccc23)c(O)n1Cc1ccccc1. The van der Waals surface area contributed by atoms with Crippen molar-refractivity contribution < 1.29 is 10.2 Å². The van der Waals surface area contributed by atoms with E-state index in [4.69, 9.17) is 0 Å². The highest BCUT2D eigenvalue weighted by atomic mass is 16.3. The second kappa shape index (κ2) is 5.21. The number of nitrogens with zero attached hydrogens (tertiary/aromatic N) is 2.